The van der Waals surface area contributed by atoms with Gasteiger partial charge in [0.1, 0.15) is 5.75 Å². The number of amides is 1. The van der Waals surface area contributed by atoms with Gasteiger partial charge in [0.2, 0.25) is 5.91 Å². The van der Waals surface area contributed by atoms with Gasteiger partial charge in [0.25, 0.3) is 0 Å². The van der Waals surface area contributed by atoms with Crippen LogP contribution in [0.15, 0.2) is 23.6 Å². The number of carbonyl (C=O) groups excluding carboxylic acids is 1. The monoisotopic (exact) mass is 339 g/mol. The molecule has 1 aromatic heterocycles. The van der Waals surface area contributed by atoms with Crippen LogP contribution in [0.2, 0.25) is 5.02 Å². The number of methoxy groups -OCH3 is 1. The zero-order valence-corrected chi connectivity index (χ0v) is 14.2. The standard InChI is InChI=1S/C15H18ClN3O2S/c1-8(2)13(17)14(20)19-15-18-11(7-22-15)9-4-5-12(21-3)10(16)6-9/h4-8,13H,17H2,1-3H3,(H,18,19,20)/t13-/m0/s1. The van der Waals surface area contributed by atoms with Gasteiger partial charge < -0.3 is 15.8 Å². The van der Waals surface area contributed by atoms with E-state index in [-0.39, 0.29) is 11.8 Å². The maximum Gasteiger partial charge on any atom is 0.243 e. The summed E-state index contributed by atoms with van der Waals surface area (Å²) in [6.45, 7) is 3.80. The molecule has 1 atom stereocenters. The summed E-state index contributed by atoms with van der Waals surface area (Å²) in [6, 6.07) is 4.87. The molecule has 1 aromatic carbocycles. The molecule has 0 aliphatic heterocycles. The molecule has 2 aromatic rings. The van der Waals surface area contributed by atoms with Crippen LogP contribution in [0, 0.1) is 5.92 Å². The summed E-state index contributed by atoms with van der Waals surface area (Å²) in [5.41, 5.74) is 7.41. The van der Waals surface area contributed by atoms with Crippen LogP contribution in [0.4, 0.5) is 5.13 Å². The van der Waals surface area contributed by atoms with Crippen molar-refractivity contribution in [1.82, 2.24) is 4.98 Å². The Morgan fingerprint density at radius 3 is 2.77 bits per heavy atom. The summed E-state index contributed by atoms with van der Waals surface area (Å²) in [4.78, 5) is 16.3. The zero-order valence-electron chi connectivity index (χ0n) is 12.6. The van der Waals surface area contributed by atoms with E-state index in [9.17, 15) is 4.79 Å². The van der Waals surface area contributed by atoms with Crippen molar-refractivity contribution in [2.75, 3.05) is 12.4 Å². The largest absolute Gasteiger partial charge is 0.495 e. The second kappa shape index (κ2) is 7.09. The van der Waals surface area contributed by atoms with Crippen molar-refractivity contribution in [3.05, 3.63) is 28.6 Å². The number of carbonyl (C=O) groups is 1. The molecule has 118 valence electrons. The highest BCUT2D eigenvalue weighted by Crippen LogP contribution is 2.31. The lowest BCUT2D eigenvalue weighted by Gasteiger charge is -2.13. The van der Waals surface area contributed by atoms with Gasteiger partial charge in [0, 0.05) is 10.9 Å². The summed E-state index contributed by atoms with van der Waals surface area (Å²) < 4.78 is 5.12. The third-order valence-corrected chi connectivity index (χ3v) is 4.26. The van der Waals surface area contributed by atoms with Crippen LogP contribution in [0.1, 0.15) is 13.8 Å². The van der Waals surface area contributed by atoms with Crippen molar-refractivity contribution in [3.8, 4) is 17.0 Å². The molecule has 0 radical (unpaired) electrons. The Morgan fingerprint density at radius 2 is 2.18 bits per heavy atom. The van der Waals surface area contributed by atoms with Crippen molar-refractivity contribution in [3.63, 3.8) is 0 Å². The first-order valence-electron chi connectivity index (χ1n) is 6.78. The lowest BCUT2D eigenvalue weighted by Crippen LogP contribution is -2.39. The Balaban J connectivity index is 2.15. The molecule has 0 fully saturated rings. The Hall–Kier alpha value is -1.63. The molecular weight excluding hydrogens is 322 g/mol. The van der Waals surface area contributed by atoms with Gasteiger partial charge in [0.15, 0.2) is 5.13 Å². The number of halogens is 1. The summed E-state index contributed by atoms with van der Waals surface area (Å²) in [5, 5.41) is 5.62. The van der Waals surface area contributed by atoms with Crippen molar-refractivity contribution in [1.29, 1.82) is 0 Å². The fourth-order valence-electron chi connectivity index (χ4n) is 1.78. The van der Waals surface area contributed by atoms with Gasteiger partial charge >= 0.3 is 0 Å². The fraction of sp³-hybridized carbons (Fsp3) is 0.333. The molecule has 2 rings (SSSR count). The first-order valence-corrected chi connectivity index (χ1v) is 8.04. The number of aromatic nitrogens is 1. The molecule has 7 heteroatoms. The first kappa shape index (κ1) is 16.7. The highest BCUT2D eigenvalue weighted by Gasteiger charge is 2.18. The molecule has 0 unspecified atom stereocenters. The number of benzene rings is 1. The van der Waals surface area contributed by atoms with Gasteiger partial charge in [-0.1, -0.05) is 25.4 Å². The summed E-state index contributed by atoms with van der Waals surface area (Å²) >= 11 is 7.46. The molecule has 0 spiro atoms. The predicted octanol–water partition coefficient (Wildman–Crippen LogP) is 3.39. The lowest BCUT2D eigenvalue weighted by atomic mass is 10.1. The molecule has 5 nitrogen and oxygen atoms in total. The molecular formula is C15H18ClN3O2S. The number of nitrogens with zero attached hydrogens (tertiary/aromatic N) is 1. The highest BCUT2D eigenvalue weighted by molar-refractivity contribution is 7.14. The van der Waals surface area contributed by atoms with E-state index in [4.69, 9.17) is 22.1 Å². The number of thiazole rings is 1. The van der Waals surface area contributed by atoms with Crippen LogP contribution in [-0.2, 0) is 4.79 Å². The number of nitrogens with two attached hydrogens (primary N) is 1. The maximum atomic E-state index is 11.9. The molecule has 0 saturated heterocycles. The Kier molecular flexibility index (Phi) is 5.39. The molecule has 0 saturated carbocycles. The lowest BCUT2D eigenvalue weighted by molar-refractivity contribution is -0.118. The predicted molar refractivity (Wildman–Crippen MR) is 90.6 cm³/mol. The van der Waals surface area contributed by atoms with Gasteiger partial charge in [0.05, 0.1) is 23.9 Å². The molecule has 0 bridgehead atoms. The zero-order chi connectivity index (χ0) is 16.3. The third kappa shape index (κ3) is 3.76. The number of hydrogen-bond acceptors (Lipinski definition) is 5. The van der Waals surface area contributed by atoms with E-state index in [1.807, 2.05) is 25.3 Å². The number of anilines is 1. The Bertz CT molecular complexity index is 673. The second-order valence-corrected chi connectivity index (χ2v) is 6.41. The summed E-state index contributed by atoms with van der Waals surface area (Å²) in [7, 11) is 1.56. The minimum atomic E-state index is -0.553. The normalized spacial score (nSPS) is 12.3. The van der Waals surface area contributed by atoms with E-state index in [0.717, 1.165) is 11.3 Å². The number of rotatable bonds is 5. The molecule has 0 aliphatic carbocycles. The fourth-order valence-corrected chi connectivity index (χ4v) is 2.76. The Labute approximate surface area is 138 Å². The molecule has 3 N–H and O–H groups in total. The van der Waals surface area contributed by atoms with Crippen LogP contribution < -0.4 is 15.8 Å². The van der Waals surface area contributed by atoms with Crippen LogP contribution in [0.25, 0.3) is 11.3 Å². The van der Waals surface area contributed by atoms with Crippen LogP contribution >= 0.6 is 22.9 Å². The summed E-state index contributed by atoms with van der Waals surface area (Å²) in [6.07, 6.45) is 0. The van der Waals surface area contributed by atoms with E-state index in [0.29, 0.717) is 15.9 Å². The molecule has 1 amide bonds. The molecule has 22 heavy (non-hydrogen) atoms. The van der Waals surface area contributed by atoms with Crippen molar-refractivity contribution in [2.24, 2.45) is 11.7 Å². The van der Waals surface area contributed by atoms with E-state index in [2.05, 4.69) is 10.3 Å². The van der Waals surface area contributed by atoms with E-state index >= 15 is 0 Å². The second-order valence-electron chi connectivity index (χ2n) is 5.15. The van der Waals surface area contributed by atoms with Gasteiger partial charge in [-0.05, 0) is 24.1 Å². The van der Waals surface area contributed by atoms with Gasteiger partial charge in [-0.15, -0.1) is 11.3 Å². The van der Waals surface area contributed by atoms with Crippen LogP contribution in [0.5, 0.6) is 5.75 Å². The Morgan fingerprint density at radius 1 is 1.45 bits per heavy atom. The quantitative estimate of drug-likeness (QED) is 0.875. The highest BCUT2D eigenvalue weighted by atomic mass is 35.5. The number of nitrogens with one attached hydrogen (secondary N) is 1. The van der Waals surface area contributed by atoms with Crippen LogP contribution in [0.3, 0.4) is 0 Å². The first-order chi connectivity index (χ1) is 10.4. The molecule has 0 aliphatic rings. The smallest absolute Gasteiger partial charge is 0.243 e. The maximum absolute atomic E-state index is 11.9. The topological polar surface area (TPSA) is 77.2 Å². The van der Waals surface area contributed by atoms with Gasteiger partial charge in [-0.2, -0.15) is 0 Å². The number of ether oxygens (including phenoxy) is 1. The van der Waals surface area contributed by atoms with E-state index < -0.39 is 6.04 Å². The van der Waals surface area contributed by atoms with E-state index in [1.165, 1.54) is 11.3 Å². The minimum absolute atomic E-state index is 0.0693. The van der Waals surface area contributed by atoms with Gasteiger partial charge in [-0.25, -0.2) is 4.98 Å². The van der Waals surface area contributed by atoms with Crippen molar-refractivity contribution in [2.45, 2.75) is 19.9 Å². The number of hydrogen-bond donors (Lipinski definition) is 2. The SMILES string of the molecule is COc1ccc(-c2csc(NC(=O)[C@@H](N)C(C)C)n2)cc1Cl. The minimum Gasteiger partial charge on any atom is -0.495 e. The molecule has 1 heterocycles. The average molecular weight is 340 g/mol. The van der Waals surface area contributed by atoms with Crippen molar-refractivity contribution < 1.29 is 9.53 Å². The average Bonchev–Trinajstić information content (AvgIpc) is 2.94. The van der Waals surface area contributed by atoms with Crippen molar-refractivity contribution >= 4 is 34.0 Å². The van der Waals surface area contributed by atoms with Gasteiger partial charge in [-0.3, -0.25) is 4.79 Å². The summed E-state index contributed by atoms with van der Waals surface area (Å²) in [5.74, 6) is 0.445. The van der Waals surface area contributed by atoms with E-state index in [1.54, 1.807) is 19.2 Å². The third-order valence-electron chi connectivity index (χ3n) is 3.20. The van der Waals surface area contributed by atoms with Crippen LogP contribution in [-0.4, -0.2) is 24.0 Å².